The standard InChI is InChI=1S/C24H19N3O3S/c1-15-11-19(16(2)27(15)20-7-9-21(28)10-8-20)12-22-23(29)26(24(30)31-22)14-18-6-4-3-5-17(18)13-25/h3-12,28H,14H2,1-2H3/b22-12+. The number of imide groups is 1. The minimum Gasteiger partial charge on any atom is -0.508 e. The lowest BCUT2D eigenvalue weighted by atomic mass is 10.1. The molecule has 2 amide bonds. The summed E-state index contributed by atoms with van der Waals surface area (Å²) in [4.78, 5) is 27.0. The number of phenols is 1. The number of nitriles is 1. The molecule has 0 bridgehead atoms. The number of phenolic OH excluding ortho intramolecular Hbond substituents is 1. The van der Waals surface area contributed by atoms with Crippen LogP contribution in [0.4, 0.5) is 4.79 Å². The van der Waals surface area contributed by atoms with Crippen molar-refractivity contribution in [1.82, 2.24) is 9.47 Å². The van der Waals surface area contributed by atoms with Gasteiger partial charge in [0.2, 0.25) is 0 Å². The third-order valence-electron chi connectivity index (χ3n) is 5.20. The molecule has 0 atom stereocenters. The van der Waals surface area contributed by atoms with E-state index in [0.29, 0.717) is 16.0 Å². The molecule has 1 N–H and O–H groups in total. The first-order valence-corrected chi connectivity index (χ1v) is 10.4. The molecule has 1 aliphatic rings. The number of nitrogens with zero attached hydrogens (tertiary/aromatic N) is 3. The van der Waals surface area contributed by atoms with Gasteiger partial charge in [-0.05, 0) is 79.2 Å². The first kappa shape index (κ1) is 20.5. The number of aryl methyl sites for hydroxylation is 1. The number of aromatic nitrogens is 1. The molecule has 31 heavy (non-hydrogen) atoms. The highest BCUT2D eigenvalue weighted by Gasteiger charge is 2.35. The Morgan fingerprint density at radius 2 is 1.81 bits per heavy atom. The van der Waals surface area contributed by atoms with Crippen LogP contribution in [0.1, 0.15) is 28.1 Å². The van der Waals surface area contributed by atoms with Crippen LogP contribution in [-0.4, -0.2) is 25.7 Å². The SMILES string of the molecule is Cc1cc(/C=C2/SC(=O)N(Cc3ccccc3C#N)C2=O)c(C)n1-c1ccc(O)cc1. The van der Waals surface area contributed by atoms with Crippen LogP contribution in [0, 0.1) is 25.2 Å². The van der Waals surface area contributed by atoms with Crippen LogP contribution in [0.25, 0.3) is 11.8 Å². The fourth-order valence-corrected chi connectivity index (χ4v) is 4.48. The maximum atomic E-state index is 12.9. The zero-order valence-corrected chi connectivity index (χ0v) is 17.8. The molecule has 154 valence electrons. The molecule has 3 aromatic rings. The molecular formula is C24H19N3O3S. The van der Waals surface area contributed by atoms with Crippen molar-refractivity contribution in [2.24, 2.45) is 0 Å². The molecule has 0 unspecified atom stereocenters. The zero-order valence-electron chi connectivity index (χ0n) is 17.0. The van der Waals surface area contributed by atoms with Crippen molar-refractivity contribution in [3.05, 3.63) is 87.6 Å². The number of hydrogen-bond donors (Lipinski definition) is 1. The maximum Gasteiger partial charge on any atom is 0.293 e. The topological polar surface area (TPSA) is 86.3 Å². The predicted molar refractivity (Wildman–Crippen MR) is 120 cm³/mol. The summed E-state index contributed by atoms with van der Waals surface area (Å²) in [6, 6.07) is 17.9. The first-order valence-electron chi connectivity index (χ1n) is 9.60. The second kappa shape index (κ2) is 8.17. The minimum atomic E-state index is -0.364. The van der Waals surface area contributed by atoms with Gasteiger partial charge in [0.25, 0.3) is 11.1 Å². The third kappa shape index (κ3) is 3.86. The summed E-state index contributed by atoms with van der Waals surface area (Å²) < 4.78 is 2.03. The van der Waals surface area contributed by atoms with Crippen molar-refractivity contribution in [3.63, 3.8) is 0 Å². The number of amides is 2. The molecular weight excluding hydrogens is 410 g/mol. The second-order valence-electron chi connectivity index (χ2n) is 7.22. The van der Waals surface area contributed by atoms with Crippen molar-refractivity contribution >= 4 is 29.0 Å². The van der Waals surface area contributed by atoms with Gasteiger partial charge in [-0.25, -0.2) is 0 Å². The van der Waals surface area contributed by atoms with E-state index >= 15 is 0 Å². The molecule has 0 spiro atoms. The van der Waals surface area contributed by atoms with Crippen LogP contribution in [0.5, 0.6) is 5.75 Å². The van der Waals surface area contributed by atoms with E-state index in [2.05, 4.69) is 6.07 Å². The fraction of sp³-hybridized carbons (Fsp3) is 0.125. The molecule has 0 radical (unpaired) electrons. The van der Waals surface area contributed by atoms with Crippen LogP contribution >= 0.6 is 11.8 Å². The Hall–Kier alpha value is -3.76. The summed E-state index contributed by atoms with van der Waals surface area (Å²) in [5.74, 6) is -0.171. The van der Waals surface area contributed by atoms with Gasteiger partial charge in [0.1, 0.15) is 5.75 Å². The van der Waals surface area contributed by atoms with E-state index in [1.165, 1.54) is 4.90 Å². The van der Waals surface area contributed by atoms with Crippen molar-refractivity contribution in [1.29, 1.82) is 5.26 Å². The number of aromatic hydroxyl groups is 1. The number of benzene rings is 2. The molecule has 1 aliphatic heterocycles. The Kier molecular flexibility index (Phi) is 5.40. The highest BCUT2D eigenvalue weighted by molar-refractivity contribution is 8.18. The molecule has 2 aromatic carbocycles. The molecule has 1 aromatic heterocycles. The lowest BCUT2D eigenvalue weighted by Gasteiger charge is -2.13. The van der Waals surface area contributed by atoms with E-state index < -0.39 is 0 Å². The lowest BCUT2D eigenvalue weighted by Crippen LogP contribution is -2.27. The molecule has 2 heterocycles. The summed E-state index contributed by atoms with van der Waals surface area (Å²) in [6.45, 7) is 3.97. The zero-order chi connectivity index (χ0) is 22.1. The Balaban J connectivity index is 1.64. The van der Waals surface area contributed by atoms with Gasteiger partial charge in [-0.3, -0.25) is 14.5 Å². The summed E-state index contributed by atoms with van der Waals surface area (Å²) >= 11 is 0.904. The quantitative estimate of drug-likeness (QED) is 0.596. The molecule has 1 fully saturated rings. The van der Waals surface area contributed by atoms with Crippen LogP contribution in [-0.2, 0) is 11.3 Å². The average molecular weight is 430 g/mol. The normalized spacial score (nSPS) is 15.0. The molecule has 0 saturated carbocycles. The Morgan fingerprint density at radius 1 is 1.10 bits per heavy atom. The van der Waals surface area contributed by atoms with Crippen molar-refractivity contribution in [3.8, 4) is 17.5 Å². The van der Waals surface area contributed by atoms with Gasteiger partial charge in [-0.1, -0.05) is 18.2 Å². The minimum absolute atomic E-state index is 0.0677. The predicted octanol–water partition coefficient (Wildman–Crippen LogP) is 4.91. The molecule has 6 nitrogen and oxygen atoms in total. The second-order valence-corrected chi connectivity index (χ2v) is 8.21. The lowest BCUT2D eigenvalue weighted by molar-refractivity contribution is -0.123. The van der Waals surface area contributed by atoms with E-state index in [4.69, 9.17) is 0 Å². The first-order chi connectivity index (χ1) is 14.9. The number of carbonyl (C=O) groups excluding carboxylic acids is 2. The smallest absolute Gasteiger partial charge is 0.293 e. The van der Waals surface area contributed by atoms with Gasteiger partial charge >= 0.3 is 0 Å². The van der Waals surface area contributed by atoms with Crippen LogP contribution in [0.15, 0.2) is 59.5 Å². The van der Waals surface area contributed by atoms with Gasteiger partial charge in [0.15, 0.2) is 0 Å². The van der Waals surface area contributed by atoms with Crippen molar-refractivity contribution in [2.45, 2.75) is 20.4 Å². The largest absolute Gasteiger partial charge is 0.508 e. The van der Waals surface area contributed by atoms with Gasteiger partial charge in [-0.2, -0.15) is 5.26 Å². The Labute approximate surface area is 184 Å². The van der Waals surface area contributed by atoms with Gasteiger partial charge in [-0.15, -0.1) is 0 Å². The van der Waals surface area contributed by atoms with Crippen LogP contribution in [0.3, 0.4) is 0 Å². The number of carbonyl (C=O) groups is 2. The summed E-state index contributed by atoms with van der Waals surface area (Å²) in [5.41, 5.74) is 4.71. The van der Waals surface area contributed by atoms with Crippen LogP contribution in [0.2, 0.25) is 0 Å². The number of thioether (sulfide) groups is 1. The van der Waals surface area contributed by atoms with E-state index in [0.717, 1.165) is 34.4 Å². The highest BCUT2D eigenvalue weighted by Crippen LogP contribution is 2.35. The van der Waals surface area contributed by atoms with E-state index in [-0.39, 0.29) is 23.4 Å². The Morgan fingerprint density at radius 3 is 2.52 bits per heavy atom. The van der Waals surface area contributed by atoms with Crippen LogP contribution < -0.4 is 0 Å². The molecule has 1 saturated heterocycles. The third-order valence-corrected chi connectivity index (χ3v) is 6.11. The van der Waals surface area contributed by atoms with Gasteiger partial charge < -0.3 is 9.67 Å². The monoisotopic (exact) mass is 429 g/mol. The molecule has 0 aliphatic carbocycles. The van der Waals surface area contributed by atoms with E-state index in [9.17, 15) is 20.0 Å². The number of hydrogen-bond acceptors (Lipinski definition) is 5. The van der Waals surface area contributed by atoms with Gasteiger partial charge in [0.05, 0.1) is 23.1 Å². The average Bonchev–Trinajstić information content (AvgIpc) is 3.18. The fourth-order valence-electron chi connectivity index (χ4n) is 3.65. The summed E-state index contributed by atoms with van der Waals surface area (Å²) in [7, 11) is 0. The summed E-state index contributed by atoms with van der Waals surface area (Å²) in [6.07, 6.45) is 1.74. The van der Waals surface area contributed by atoms with Gasteiger partial charge in [0, 0.05) is 17.1 Å². The molecule has 7 heteroatoms. The maximum absolute atomic E-state index is 12.9. The van der Waals surface area contributed by atoms with E-state index in [1.54, 1.807) is 42.5 Å². The van der Waals surface area contributed by atoms with Crippen molar-refractivity contribution < 1.29 is 14.7 Å². The van der Waals surface area contributed by atoms with Crippen molar-refractivity contribution in [2.75, 3.05) is 0 Å². The summed E-state index contributed by atoms with van der Waals surface area (Å²) in [5, 5.41) is 18.5. The highest BCUT2D eigenvalue weighted by atomic mass is 32.2. The molecule has 4 rings (SSSR count). The van der Waals surface area contributed by atoms with E-state index in [1.807, 2.05) is 36.6 Å². The Bertz CT molecular complexity index is 1270. The number of rotatable bonds is 4.